The van der Waals surface area contributed by atoms with Gasteiger partial charge in [-0.3, -0.25) is 0 Å². The van der Waals surface area contributed by atoms with E-state index in [1.54, 1.807) is 0 Å². The first kappa shape index (κ1) is 9.03. The number of nitrogens with two attached hydrogens (primary N) is 2. The molecule has 0 saturated carbocycles. The number of carbonyl (C=O) groups excluding carboxylic acids is 1. The summed E-state index contributed by atoms with van der Waals surface area (Å²) in [5, 5.41) is 0. The maximum atomic E-state index is 9.00. The molecule has 0 spiro atoms. The molecule has 27 valence electrons. The summed E-state index contributed by atoms with van der Waals surface area (Å²) < 4.78 is 0. The van der Waals surface area contributed by atoms with Gasteiger partial charge in [0.1, 0.15) is 0 Å². The molecule has 0 fully saturated rings. The van der Waals surface area contributed by atoms with Crippen LogP contribution in [0.5, 0.6) is 0 Å². The monoisotopic (exact) mass is 149 g/mol. The normalized spacial score (nSPS) is 4.80. The van der Waals surface area contributed by atoms with Crippen molar-refractivity contribution in [1.82, 2.24) is 0 Å². The van der Waals surface area contributed by atoms with Crippen molar-refractivity contribution < 1.29 is 37.5 Å². The number of rotatable bonds is 0. The molecular formula is CH4N2OY. The number of amides is 2. The minimum Gasteiger partial charge on any atom is -0.352 e. The zero-order valence-corrected chi connectivity index (χ0v) is 5.48. The van der Waals surface area contributed by atoms with Gasteiger partial charge < -0.3 is 11.5 Å². The van der Waals surface area contributed by atoms with Crippen molar-refractivity contribution in [1.29, 1.82) is 0 Å². The Hall–Kier alpha value is 0.374. The molecule has 0 heterocycles. The Morgan fingerprint density at radius 1 is 1.40 bits per heavy atom. The van der Waals surface area contributed by atoms with E-state index >= 15 is 0 Å². The Bertz CT molecular complexity index is 32.6. The van der Waals surface area contributed by atoms with Gasteiger partial charge in [0, 0.05) is 32.7 Å². The van der Waals surface area contributed by atoms with E-state index in [1.165, 1.54) is 0 Å². The molecule has 4 heteroatoms. The van der Waals surface area contributed by atoms with Crippen LogP contribution in [0.25, 0.3) is 0 Å². The van der Waals surface area contributed by atoms with E-state index in [1.807, 2.05) is 0 Å². The average Bonchev–Trinajstić information content (AvgIpc) is 0.811. The van der Waals surface area contributed by atoms with Crippen LogP contribution in [-0.2, 0) is 32.7 Å². The smallest absolute Gasteiger partial charge is 0.309 e. The summed E-state index contributed by atoms with van der Waals surface area (Å²) in [6.45, 7) is 0. The van der Waals surface area contributed by atoms with Crippen molar-refractivity contribution >= 4 is 6.03 Å². The standard InChI is InChI=1S/CH4N2O.Y/c2-1(3)4;/h(H4,2,3,4);. The summed E-state index contributed by atoms with van der Waals surface area (Å²) in [4.78, 5) is 9.00. The van der Waals surface area contributed by atoms with E-state index in [0.717, 1.165) is 0 Å². The molecule has 0 rings (SSSR count). The molecule has 0 bridgehead atoms. The summed E-state index contributed by atoms with van der Waals surface area (Å²) in [5.74, 6) is 0. The summed E-state index contributed by atoms with van der Waals surface area (Å²) >= 11 is 0. The fraction of sp³-hybridized carbons (Fsp3) is 0. The zero-order chi connectivity index (χ0) is 3.58. The molecule has 0 aliphatic heterocycles. The summed E-state index contributed by atoms with van der Waals surface area (Å²) in [5.41, 5.74) is 8.50. The number of hydrogen-bond donors (Lipinski definition) is 2. The molecule has 0 atom stereocenters. The third kappa shape index (κ3) is 176. The van der Waals surface area contributed by atoms with E-state index in [9.17, 15) is 0 Å². The molecular weight excluding hydrogens is 145 g/mol. The van der Waals surface area contributed by atoms with Gasteiger partial charge in [-0.05, 0) is 0 Å². The van der Waals surface area contributed by atoms with Crippen molar-refractivity contribution in [3.63, 3.8) is 0 Å². The SMILES string of the molecule is NC(N)=O.[Y]. The Labute approximate surface area is 55.0 Å². The van der Waals surface area contributed by atoms with Crippen LogP contribution in [-0.4, -0.2) is 6.03 Å². The van der Waals surface area contributed by atoms with E-state index in [0.29, 0.717) is 0 Å². The average molecular weight is 149 g/mol. The first-order chi connectivity index (χ1) is 1.73. The third-order valence-electron chi connectivity index (χ3n) is 0. The number of urea groups is 1. The number of primary amides is 2. The van der Waals surface area contributed by atoms with Crippen LogP contribution in [0.2, 0.25) is 0 Å². The van der Waals surface area contributed by atoms with Crippen LogP contribution in [0.15, 0.2) is 0 Å². The molecule has 5 heavy (non-hydrogen) atoms. The van der Waals surface area contributed by atoms with Crippen molar-refractivity contribution in [3.8, 4) is 0 Å². The van der Waals surface area contributed by atoms with Crippen molar-refractivity contribution in [2.24, 2.45) is 11.5 Å². The first-order valence-corrected chi connectivity index (χ1v) is 0.781. The zero-order valence-electron chi connectivity index (χ0n) is 2.64. The summed E-state index contributed by atoms with van der Waals surface area (Å²) in [6.07, 6.45) is 0. The van der Waals surface area contributed by atoms with Gasteiger partial charge in [0.25, 0.3) is 0 Å². The Morgan fingerprint density at radius 3 is 1.40 bits per heavy atom. The van der Waals surface area contributed by atoms with Gasteiger partial charge in [0.2, 0.25) is 0 Å². The topological polar surface area (TPSA) is 69.1 Å². The molecule has 0 aromatic rings. The van der Waals surface area contributed by atoms with Crippen LogP contribution >= 0.6 is 0 Å². The van der Waals surface area contributed by atoms with Crippen LogP contribution in [0.1, 0.15) is 0 Å². The van der Waals surface area contributed by atoms with Gasteiger partial charge in [-0.25, -0.2) is 4.79 Å². The van der Waals surface area contributed by atoms with E-state index in [-0.39, 0.29) is 32.7 Å². The van der Waals surface area contributed by atoms with Gasteiger partial charge in [-0.1, -0.05) is 0 Å². The molecule has 1 radical (unpaired) electrons. The molecule has 3 nitrogen and oxygen atoms in total. The minimum atomic E-state index is -0.833. The van der Waals surface area contributed by atoms with E-state index < -0.39 is 6.03 Å². The second-order valence-corrected chi connectivity index (χ2v) is 0.402. The Balaban J connectivity index is 0. The van der Waals surface area contributed by atoms with E-state index in [4.69, 9.17) is 4.79 Å². The van der Waals surface area contributed by atoms with Gasteiger partial charge in [0.15, 0.2) is 0 Å². The van der Waals surface area contributed by atoms with Gasteiger partial charge >= 0.3 is 6.03 Å². The molecule has 0 aromatic heterocycles. The van der Waals surface area contributed by atoms with Gasteiger partial charge in [0.05, 0.1) is 0 Å². The third-order valence-corrected chi connectivity index (χ3v) is 0. The molecule has 0 unspecified atom stereocenters. The predicted molar refractivity (Wildman–Crippen MR) is 13.8 cm³/mol. The molecule has 0 aromatic carbocycles. The summed E-state index contributed by atoms with van der Waals surface area (Å²) in [6, 6.07) is -0.833. The number of hydrogen-bond acceptors (Lipinski definition) is 1. The maximum Gasteiger partial charge on any atom is 0.309 e. The summed E-state index contributed by atoms with van der Waals surface area (Å²) in [7, 11) is 0. The van der Waals surface area contributed by atoms with Crippen LogP contribution in [0.3, 0.4) is 0 Å². The second-order valence-electron chi connectivity index (χ2n) is 0.402. The maximum absolute atomic E-state index is 9.00. The van der Waals surface area contributed by atoms with Crippen molar-refractivity contribution in [2.45, 2.75) is 0 Å². The molecule has 2 amide bonds. The molecule has 0 aliphatic rings. The first-order valence-electron chi connectivity index (χ1n) is 0.781. The molecule has 0 saturated heterocycles. The fourth-order valence-electron chi connectivity index (χ4n) is 0. The van der Waals surface area contributed by atoms with Crippen molar-refractivity contribution in [3.05, 3.63) is 0 Å². The minimum absolute atomic E-state index is 0. The van der Waals surface area contributed by atoms with Crippen LogP contribution in [0, 0.1) is 0 Å². The van der Waals surface area contributed by atoms with Gasteiger partial charge in [-0.2, -0.15) is 0 Å². The van der Waals surface area contributed by atoms with Crippen LogP contribution < -0.4 is 11.5 Å². The van der Waals surface area contributed by atoms with Gasteiger partial charge in [-0.15, -0.1) is 0 Å². The Morgan fingerprint density at radius 2 is 1.40 bits per heavy atom. The number of carbonyl (C=O) groups is 1. The molecule has 4 N–H and O–H groups in total. The second kappa shape index (κ2) is 4.37. The quantitative estimate of drug-likeness (QED) is 0.456. The van der Waals surface area contributed by atoms with Crippen molar-refractivity contribution in [2.75, 3.05) is 0 Å². The fourth-order valence-corrected chi connectivity index (χ4v) is 0. The molecule has 0 aliphatic carbocycles. The Kier molecular flexibility index (Phi) is 7.90. The largest absolute Gasteiger partial charge is 0.352 e. The predicted octanol–water partition coefficient (Wildman–Crippen LogP) is -0.979. The van der Waals surface area contributed by atoms with E-state index in [2.05, 4.69) is 11.5 Å². The van der Waals surface area contributed by atoms with Crippen LogP contribution in [0.4, 0.5) is 4.79 Å².